The number of alkyl halides is 6. The van der Waals surface area contributed by atoms with E-state index in [1.54, 1.807) is 0 Å². The number of likely N-dealkylation sites (tertiary alicyclic amines) is 1. The average Bonchev–Trinajstić information content (AvgIpc) is 3.23. The number of hydrogen-bond donors (Lipinski definition) is 3. The minimum Gasteiger partial charge on any atom is -0.353 e. The molecule has 35 heavy (non-hydrogen) atoms. The summed E-state index contributed by atoms with van der Waals surface area (Å²) < 4.78 is 78.0. The predicted molar refractivity (Wildman–Crippen MR) is 112 cm³/mol. The lowest BCUT2D eigenvalue weighted by Crippen LogP contribution is -2.45. The Hall–Kier alpha value is -2.83. The summed E-state index contributed by atoms with van der Waals surface area (Å²) in [5.41, 5.74) is -3.76. The molecule has 1 aromatic carbocycles. The van der Waals surface area contributed by atoms with E-state index in [1.165, 1.54) is 0 Å². The van der Waals surface area contributed by atoms with Gasteiger partial charge in [-0.15, -0.1) is 0 Å². The van der Waals surface area contributed by atoms with Crippen molar-refractivity contribution in [3.63, 3.8) is 0 Å². The third-order valence-corrected chi connectivity index (χ3v) is 6.15. The Morgan fingerprint density at radius 3 is 2.06 bits per heavy atom. The van der Waals surface area contributed by atoms with Crippen LogP contribution in [0.1, 0.15) is 47.2 Å². The van der Waals surface area contributed by atoms with Gasteiger partial charge in [0.15, 0.2) is 0 Å². The number of nitrogens with one attached hydrogen (secondary N) is 3. The van der Waals surface area contributed by atoms with E-state index in [2.05, 4.69) is 20.9 Å². The molecule has 2 aliphatic heterocycles. The van der Waals surface area contributed by atoms with Crippen molar-refractivity contribution >= 4 is 17.7 Å². The highest BCUT2D eigenvalue weighted by Gasteiger charge is 2.37. The van der Waals surface area contributed by atoms with Gasteiger partial charge in [-0.1, -0.05) is 0 Å². The van der Waals surface area contributed by atoms with Gasteiger partial charge in [-0.2, -0.15) is 26.3 Å². The van der Waals surface area contributed by atoms with E-state index in [0.717, 1.165) is 0 Å². The molecule has 2 heterocycles. The number of piperidine rings is 1. The van der Waals surface area contributed by atoms with Crippen LogP contribution < -0.4 is 16.0 Å². The summed E-state index contributed by atoms with van der Waals surface area (Å²) in [5, 5.41) is 7.82. The molecule has 1 unspecified atom stereocenters. The van der Waals surface area contributed by atoms with Gasteiger partial charge in [0.1, 0.15) is 6.04 Å². The number of benzene rings is 1. The summed E-state index contributed by atoms with van der Waals surface area (Å²) in [4.78, 5) is 37.6. The molecule has 3 rings (SSSR count). The predicted octanol–water partition coefficient (Wildman–Crippen LogP) is 2.56. The first kappa shape index (κ1) is 26.8. The Morgan fingerprint density at radius 1 is 0.943 bits per heavy atom. The van der Waals surface area contributed by atoms with Gasteiger partial charge in [0.2, 0.25) is 11.8 Å². The van der Waals surface area contributed by atoms with E-state index in [9.17, 15) is 40.7 Å². The van der Waals surface area contributed by atoms with Gasteiger partial charge in [-0.05, 0) is 56.5 Å². The van der Waals surface area contributed by atoms with Crippen LogP contribution in [0.25, 0.3) is 0 Å². The largest absolute Gasteiger partial charge is 0.416 e. The second kappa shape index (κ2) is 10.8. The fraction of sp³-hybridized carbons (Fsp3) is 0.591. The number of carbonyl (C=O) groups is 3. The zero-order valence-electron chi connectivity index (χ0n) is 18.7. The van der Waals surface area contributed by atoms with E-state index in [1.807, 2.05) is 0 Å². The molecule has 1 aromatic rings. The molecule has 0 saturated carbocycles. The number of halogens is 6. The van der Waals surface area contributed by atoms with Crippen LogP contribution in [0.4, 0.5) is 26.3 Å². The molecule has 2 fully saturated rings. The monoisotopic (exact) mass is 508 g/mol. The van der Waals surface area contributed by atoms with Crippen molar-refractivity contribution in [3.8, 4) is 0 Å². The van der Waals surface area contributed by atoms with E-state index in [0.29, 0.717) is 64.0 Å². The maximum absolute atomic E-state index is 13.0. The first-order valence-electron chi connectivity index (χ1n) is 11.2. The summed E-state index contributed by atoms with van der Waals surface area (Å²) in [6, 6.07) is 0.316. The number of rotatable bonds is 7. The maximum Gasteiger partial charge on any atom is 0.416 e. The molecule has 3 N–H and O–H groups in total. The lowest BCUT2D eigenvalue weighted by atomic mass is 9.96. The SMILES string of the molecule is O=C1CCC(C(=O)NCCN2CCC(CNC(=O)c3cc(C(F)(F)F)cc(C(F)(F)F)c3)CC2)N1. The molecule has 0 aromatic heterocycles. The van der Waals surface area contributed by atoms with Crippen LogP contribution in [-0.4, -0.2) is 61.4 Å². The van der Waals surface area contributed by atoms with Gasteiger partial charge in [0.05, 0.1) is 11.1 Å². The Morgan fingerprint density at radius 2 is 1.54 bits per heavy atom. The standard InChI is InChI=1S/C22H26F6N4O3/c23-21(24,25)15-9-14(10-16(11-15)22(26,27)28)19(34)30-12-13-3-6-32(7-4-13)8-5-29-20(35)17-1-2-18(33)31-17/h9-11,13,17H,1-8,12H2,(H,29,35)(H,30,34)(H,31,33). The molecule has 0 spiro atoms. The van der Waals surface area contributed by atoms with Crippen LogP contribution >= 0.6 is 0 Å². The molecule has 2 aliphatic rings. The first-order chi connectivity index (χ1) is 16.3. The van der Waals surface area contributed by atoms with Crippen molar-refractivity contribution in [3.05, 3.63) is 34.9 Å². The van der Waals surface area contributed by atoms with Gasteiger partial charge in [-0.3, -0.25) is 14.4 Å². The van der Waals surface area contributed by atoms with Crippen LogP contribution in [0.5, 0.6) is 0 Å². The number of hydrogen-bond acceptors (Lipinski definition) is 4. The van der Waals surface area contributed by atoms with E-state index >= 15 is 0 Å². The Balaban J connectivity index is 1.44. The molecule has 0 radical (unpaired) electrons. The third-order valence-electron chi connectivity index (χ3n) is 6.15. The third kappa shape index (κ3) is 7.58. The Labute approximate surface area is 197 Å². The summed E-state index contributed by atoms with van der Waals surface area (Å²) in [7, 11) is 0. The van der Waals surface area contributed by atoms with Gasteiger partial charge in [0.25, 0.3) is 5.91 Å². The van der Waals surface area contributed by atoms with Crippen molar-refractivity contribution in [2.75, 3.05) is 32.7 Å². The number of nitrogens with zero attached hydrogens (tertiary/aromatic N) is 1. The molecular weight excluding hydrogens is 482 g/mol. The Bertz CT molecular complexity index is 910. The summed E-state index contributed by atoms with van der Waals surface area (Å²) in [6.45, 7) is 2.46. The molecule has 1 atom stereocenters. The quantitative estimate of drug-likeness (QED) is 0.494. The highest BCUT2D eigenvalue weighted by Crippen LogP contribution is 2.36. The van der Waals surface area contributed by atoms with Crippen LogP contribution in [0.3, 0.4) is 0 Å². The van der Waals surface area contributed by atoms with Crippen LogP contribution in [0.2, 0.25) is 0 Å². The molecule has 0 aliphatic carbocycles. The topological polar surface area (TPSA) is 90.5 Å². The lowest BCUT2D eigenvalue weighted by Gasteiger charge is -2.32. The highest BCUT2D eigenvalue weighted by molar-refractivity contribution is 5.94. The van der Waals surface area contributed by atoms with E-state index in [4.69, 9.17) is 0 Å². The van der Waals surface area contributed by atoms with Crippen LogP contribution in [0.15, 0.2) is 18.2 Å². The summed E-state index contributed by atoms with van der Waals surface area (Å²) >= 11 is 0. The minimum atomic E-state index is -5.02. The Kier molecular flexibility index (Phi) is 8.29. The van der Waals surface area contributed by atoms with Crippen molar-refractivity contribution in [1.29, 1.82) is 0 Å². The van der Waals surface area contributed by atoms with Crippen molar-refractivity contribution < 1.29 is 40.7 Å². The normalized spacial score (nSPS) is 19.9. The lowest BCUT2D eigenvalue weighted by molar-refractivity contribution is -0.143. The molecule has 3 amide bonds. The summed E-state index contributed by atoms with van der Waals surface area (Å²) in [5.74, 6) is -1.35. The van der Waals surface area contributed by atoms with Crippen LogP contribution in [-0.2, 0) is 21.9 Å². The van der Waals surface area contributed by atoms with Gasteiger partial charge < -0.3 is 20.9 Å². The van der Waals surface area contributed by atoms with Crippen LogP contribution in [0, 0.1) is 5.92 Å². The highest BCUT2D eigenvalue weighted by atomic mass is 19.4. The van der Waals surface area contributed by atoms with E-state index < -0.39 is 41.0 Å². The zero-order chi connectivity index (χ0) is 25.8. The zero-order valence-corrected chi connectivity index (χ0v) is 18.7. The molecule has 0 bridgehead atoms. The molecule has 2 saturated heterocycles. The minimum absolute atomic E-state index is 0.0152. The smallest absolute Gasteiger partial charge is 0.353 e. The molecule has 7 nitrogen and oxygen atoms in total. The molecular formula is C22H26F6N4O3. The molecule has 13 heteroatoms. The van der Waals surface area contributed by atoms with Gasteiger partial charge in [-0.25, -0.2) is 0 Å². The summed E-state index contributed by atoms with van der Waals surface area (Å²) in [6.07, 6.45) is -7.90. The average molecular weight is 508 g/mol. The van der Waals surface area contributed by atoms with E-state index in [-0.39, 0.29) is 30.3 Å². The maximum atomic E-state index is 13.0. The second-order valence-electron chi connectivity index (χ2n) is 8.74. The van der Waals surface area contributed by atoms with Gasteiger partial charge in [0, 0.05) is 31.6 Å². The first-order valence-corrected chi connectivity index (χ1v) is 11.2. The fourth-order valence-corrected chi connectivity index (χ4v) is 4.11. The van der Waals surface area contributed by atoms with Crippen molar-refractivity contribution in [2.24, 2.45) is 5.92 Å². The second-order valence-corrected chi connectivity index (χ2v) is 8.74. The number of amides is 3. The van der Waals surface area contributed by atoms with Crippen molar-refractivity contribution in [1.82, 2.24) is 20.9 Å². The molecule has 194 valence electrons. The van der Waals surface area contributed by atoms with Crippen molar-refractivity contribution in [2.45, 2.75) is 44.1 Å². The number of carbonyl (C=O) groups excluding carboxylic acids is 3. The van der Waals surface area contributed by atoms with Gasteiger partial charge >= 0.3 is 12.4 Å². The fourth-order valence-electron chi connectivity index (χ4n) is 4.11.